The lowest BCUT2D eigenvalue weighted by Gasteiger charge is -2.18. The molecule has 0 saturated carbocycles. The summed E-state index contributed by atoms with van der Waals surface area (Å²) in [6.07, 6.45) is 7.11. The van der Waals surface area contributed by atoms with Crippen LogP contribution in [-0.4, -0.2) is 21.7 Å². The monoisotopic (exact) mass is 291 g/mol. The molecule has 4 nitrogen and oxygen atoms in total. The predicted octanol–water partition coefficient (Wildman–Crippen LogP) is 3.29. The molecule has 0 aliphatic carbocycles. The van der Waals surface area contributed by atoms with Crippen molar-refractivity contribution < 1.29 is 5.11 Å². The minimum Gasteiger partial charge on any atom is -0.394 e. The van der Waals surface area contributed by atoms with E-state index in [0.717, 1.165) is 22.4 Å². The van der Waals surface area contributed by atoms with Gasteiger partial charge in [0, 0.05) is 35.9 Å². The first kappa shape index (κ1) is 14.2. The Morgan fingerprint density at radius 3 is 2.45 bits per heavy atom. The van der Waals surface area contributed by atoms with Crippen molar-refractivity contribution in [3.8, 4) is 11.1 Å². The van der Waals surface area contributed by atoms with E-state index in [1.165, 1.54) is 0 Å². The topological polar surface area (TPSA) is 58.0 Å². The smallest absolute Gasteiger partial charge is 0.0745 e. The van der Waals surface area contributed by atoms with Crippen LogP contribution in [0.15, 0.2) is 73.3 Å². The lowest BCUT2D eigenvalue weighted by atomic mass is 10.1. The molecule has 0 spiro atoms. The molecule has 3 rings (SSSR count). The number of nitrogens with zero attached hydrogens (tertiary/aromatic N) is 2. The van der Waals surface area contributed by atoms with Gasteiger partial charge in [0.15, 0.2) is 0 Å². The zero-order chi connectivity index (χ0) is 15.2. The van der Waals surface area contributed by atoms with Crippen LogP contribution in [0.4, 0.5) is 5.69 Å². The lowest BCUT2D eigenvalue weighted by Crippen LogP contribution is -2.14. The first-order chi connectivity index (χ1) is 10.9. The quantitative estimate of drug-likeness (QED) is 0.757. The number of hydrogen-bond donors (Lipinski definition) is 2. The number of aliphatic hydroxyl groups excluding tert-OH is 1. The first-order valence-corrected chi connectivity index (χ1v) is 7.14. The zero-order valence-corrected chi connectivity index (χ0v) is 12.1. The van der Waals surface area contributed by atoms with E-state index in [-0.39, 0.29) is 12.6 Å². The fourth-order valence-electron chi connectivity index (χ4n) is 2.33. The molecular formula is C18H17N3O. The molecule has 2 aromatic heterocycles. The fourth-order valence-corrected chi connectivity index (χ4v) is 2.33. The molecule has 1 atom stereocenters. The van der Waals surface area contributed by atoms with Crippen molar-refractivity contribution in [2.45, 2.75) is 6.04 Å². The van der Waals surface area contributed by atoms with Gasteiger partial charge in [-0.05, 0) is 17.7 Å². The highest BCUT2D eigenvalue weighted by molar-refractivity contribution is 5.65. The maximum Gasteiger partial charge on any atom is 0.0745 e. The van der Waals surface area contributed by atoms with Crippen molar-refractivity contribution in [1.82, 2.24) is 9.97 Å². The van der Waals surface area contributed by atoms with Crippen molar-refractivity contribution in [3.05, 3.63) is 78.9 Å². The lowest BCUT2D eigenvalue weighted by molar-refractivity contribution is 0.276. The maximum absolute atomic E-state index is 9.63. The van der Waals surface area contributed by atoms with Gasteiger partial charge in [0.05, 0.1) is 18.3 Å². The van der Waals surface area contributed by atoms with E-state index < -0.39 is 0 Å². The van der Waals surface area contributed by atoms with Crippen LogP contribution < -0.4 is 5.32 Å². The van der Waals surface area contributed by atoms with Crippen LogP contribution in [0, 0.1) is 0 Å². The Morgan fingerprint density at radius 2 is 1.73 bits per heavy atom. The largest absolute Gasteiger partial charge is 0.394 e. The van der Waals surface area contributed by atoms with Crippen molar-refractivity contribution in [3.63, 3.8) is 0 Å². The molecule has 2 heterocycles. The van der Waals surface area contributed by atoms with Gasteiger partial charge in [-0.2, -0.15) is 0 Å². The number of rotatable bonds is 5. The van der Waals surface area contributed by atoms with Gasteiger partial charge in [0.2, 0.25) is 0 Å². The van der Waals surface area contributed by atoms with Gasteiger partial charge in [-0.15, -0.1) is 0 Å². The standard InChI is InChI=1S/C18H17N3O/c22-13-18(14-5-2-1-3-6-14)21-17-9-16(11-20-12-17)15-7-4-8-19-10-15/h1-12,18,21-22H,13H2/t18-/m0/s1. The van der Waals surface area contributed by atoms with Crippen LogP contribution >= 0.6 is 0 Å². The van der Waals surface area contributed by atoms with Crippen LogP contribution in [-0.2, 0) is 0 Å². The summed E-state index contributed by atoms with van der Waals surface area (Å²) in [5, 5.41) is 13.0. The molecule has 2 N–H and O–H groups in total. The Hall–Kier alpha value is -2.72. The normalized spacial score (nSPS) is 11.9. The molecule has 22 heavy (non-hydrogen) atoms. The molecule has 0 aliphatic rings. The number of hydrogen-bond acceptors (Lipinski definition) is 4. The second-order valence-corrected chi connectivity index (χ2v) is 4.99. The molecular weight excluding hydrogens is 274 g/mol. The summed E-state index contributed by atoms with van der Waals surface area (Å²) < 4.78 is 0. The maximum atomic E-state index is 9.63. The van der Waals surface area contributed by atoms with E-state index in [9.17, 15) is 5.11 Å². The van der Waals surface area contributed by atoms with Gasteiger partial charge in [-0.3, -0.25) is 9.97 Å². The molecule has 3 aromatic rings. The highest BCUT2D eigenvalue weighted by atomic mass is 16.3. The molecule has 0 radical (unpaired) electrons. The van der Waals surface area contributed by atoms with Crippen LogP contribution in [0.5, 0.6) is 0 Å². The van der Waals surface area contributed by atoms with Gasteiger partial charge in [0.25, 0.3) is 0 Å². The Bertz CT molecular complexity index is 717. The summed E-state index contributed by atoms with van der Waals surface area (Å²) >= 11 is 0. The second-order valence-electron chi connectivity index (χ2n) is 4.99. The highest BCUT2D eigenvalue weighted by Gasteiger charge is 2.10. The van der Waals surface area contributed by atoms with Gasteiger partial charge < -0.3 is 10.4 Å². The molecule has 110 valence electrons. The molecule has 0 bridgehead atoms. The Kier molecular flexibility index (Phi) is 4.41. The summed E-state index contributed by atoms with van der Waals surface area (Å²) in [5.41, 5.74) is 3.91. The van der Waals surface area contributed by atoms with Gasteiger partial charge in [-0.25, -0.2) is 0 Å². The number of aliphatic hydroxyl groups is 1. The minimum absolute atomic E-state index is 0.0150. The van der Waals surface area contributed by atoms with Gasteiger partial charge >= 0.3 is 0 Å². The Balaban J connectivity index is 1.83. The average Bonchev–Trinajstić information content (AvgIpc) is 2.61. The van der Waals surface area contributed by atoms with Crippen molar-refractivity contribution >= 4 is 5.69 Å². The third-order valence-electron chi connectivity index (χ3n) is 3.46. The van der Waals surface area contributed by atoms with E-state index >= 15 is 0 Å². The van der Waals surface area contributed by atoms with E-state index in [1.54, 1.807) is 18.6 Å². The summed E-state index contributed by atoms with van der Waals surface area (Å²) in [4.78, 5) is 8.40. The SMILES string of the molecule is OC[C@H](Nc1cncc(-c2cccnc2)c1)c1ccccc1. The van der Waals surface area contributed by atoms with Crippen LogP contribution in [0.3, 0.4) is 0 Å². The molecule has 0 amide bonds. The Labute approximate surface area is 129 Å². The van der Waals surface area contributed by atoms with Crippen molar-refractivity contribution in [2.24, 2.45) is 0 Å². The van der Waals surface area contributed by atoms with Crippen LogP contribution in [0.1, 0.15) is 11.6 Å². The third-order valence-corrected chi connectivity index (χ3v) is 3.46. The fraction of sp³-hybridized carbons (Fsp3) is 0.111. The summed E-state index contributed by atoms with van der Waals surface area (Å²) in [7, 11) is 0. The van der Waals surface area contributed by atoms with E-state index in [4.69, 9.17) is 0 Å². The minimum atomic E-state index is -0.160. The Morgan fingerprint density at radius 1 is 0.909 bits per heavy atom. The number of nitrogens with one attached hydrogen (secondary N) is 1. The van der Waals surface area contributed by atoms with Crippen molar-refractivity contribution in [2.75, 3.05) is 11.9 Å². The number of anilines is 1. The predicted molar refractivity (Wildman–Crippen MR) is 87.4 cm³/mol. The summed E-state index contributed by atoms with van der Waals surface area (Å²) in [5.74, 6) is 0. The molecule has 0 unspecified atom stereocenters. The average molecular weight is 291 g/mol. The summed E-state index contributed by atoms with van der Waals surface area (Å²) in [6, 6.07) is 15.6. The molecule has 0 fully saturated rings. The third kappa shape index (κ3) is 3.30. The van der Waals surface area contributed by atoms with Crippen molar-refractivity contribution in [1.29, 1.82) is 0 Å². The van der Waals surface area contributed by atoms with Crippen LogP contribution in [0.25, 0.3) is 11.1 Å². The first-order valence-electron chi connectivity index (χ1n) is 7.14. The van der Waals surface area contributed by atoms with Crippen LogP contribution in [0.2, 0.25) is 0 Å². The summed E-state index contributed by atoms with van der Waals surface area (Å²) in [6.45, 7) is 0.0150. The van der Waals surface area contributed by atoms with E-state index in [0.29, 0.717) is 0 Å². The molecule has 0 aliphatic heterocycles. The van der Waals surface area contributed by atoms with Gasteiger partial charge in [0.1, 0.15) is 0 Å². The van der Waals surface area contributed by atoms with E-state index in [1.807, 2.05) is 54.7 Å². The molecule has 1 aromatic carbocycles. The highest BCUT2D eigenvalue weighted by Crippen LogP contribution is 2.23. The zero-order valence-electron chi connectivity index (χ0n) is 12.1. The number of aromatic nitrogens is 2. The number of benzene rings is 1. The van der Waals surface area contributed by atoms with E-state index in [2.05, 4.69) is 15.3 Å². The molecule has 4 heteroatoms. The number of pyridine rings is 2. The second kappa shape index (κ2) is 6.83. The van der Waals surface area contributed by atoms with Gasteiger partial charge in [-0.1, -0.05) is 36.4 Å². The molecule has 0 saturated heterocycles.